The normalized spacial score (nSPS) is 52.0. The van der Waals surface area contributed by atoms with Crippen LogP contribution >= 0.6 is 0 Å². The van der Waals surface area contributed by atoms with Crippen molar-refractivity contribution in [1.82, 2.24) is 0 Å². The number of Topliss-reactive ketones (excluding diaryl/α,β-unsaturated/α-hetero) is 1. The van der Waals surface area contributed by atoms with Crippen LogP contribution in [0.2, 0.25) is 0 Å². The molecular formula is C21H29FO3. The molecule has 8 atom stereocenters. The van der Waals surface area contributed by atoms with Crippen LogP contribution < -0.4 is 0 Å². The molecule has 3 nitrogen and oxygen atoms in total. The van der Waals surface area contributed by atoms with E-state index in [-0.39, 0.29) is 34.7 Å². The third-order valence-electron chi connectivity index (χ3n) is 8.36. The van der Waals surface area contributed by atoms with Crippen molar-refractivity contribution in [2.45, 2.75) is 71.6 Å². The molecule has 0 amide bonds. The molecule has 0 spiro atoms. The van der Waals surface area contributed by atoms with Crippen LogP contribution in [0, 0.1) is 34.5 Å². The molecule has 4 rings (SSSR count). The Kier molecular flexibility index (Phi) is 3.81. The van der Waals surface area contributed by atoms with Gasteiger partial charge in [0.15, 0.2) is 5.78 Å². The largest absolute Gasteiger partial charge is 0.393 e. The minimum Gasteiger partial charge on any atom is -0.393 e. The molecule has 138 valence electrons. The Bertz CT molecular complexity index is 656. The van der Waals surface area contributed by atoms with Crippen molar-refractivity contribution in [3.05, 3.63) is 11.6 Å². The molecule has 4 aliphatic rings. The first kappa shape index (κ1) is 17.4. The maximum atomic E-state index is 15.1. The average Bonchev–Trinajstić information content (AvgIpc) is 2.85. The minimum atomic E-state index is -1.10. The Morgan fingerprint density at radius 1 is 1.32 bits per heavy atom. The Morgan fingerprint density at radius 3 is 2.72 bits per heavy atom. The molecule has 4 aliphatic carbocycles. The maximum absolute atomic E-state index is 15.1. The summed E-state index contributed by atoms with van der Waals surface area (Å²) in [5.74, 6) is 0.610. The molecule has 3 fully saturated rings. The van der Waals surface area contributed by atoms with E-state index < -0.39 is 17.7 Å². The van der Waals surface area contributed by atoms with Crippen molar-refractivity contribution in [1.29, 1.82) is 0 Å². The number of fused-ring (bicyclic) bond motifs is 5. The van der Waals surface area contributed by atoms with Crippen molar-refractivity contribution in [2.75, 3.05) is 0 Å². The van der Waals surface area contributed by atoms with Gasteiger partial charge in [0, 0.05) is 12.3 Å². The quantitative estimate of drug-likeness (QED) is 0.787. The van der Waals surface area contributed by atoms with Crippen LogP contribution in [-0.4, -0.2) is 28.9 Å². The van der Waals surface area contributed by atoms with Gasteiger partial charge in [-0.25, -0.2) is 4.39 Å². The van der Waals surface area contributed by atoms with E-state index >= 15 is 4.39 Å². The van der Waals surface area contributed by atoms with Crippen LogP contribution in [0.25, 0.3) is 0 Å². The Labute approximate surface area is 149 Å². The third kappa shape index (κ3) is 2.25. The fourth-order valence-corrected chi connectivity index (χ4v) is 7.36. The lowest BCUT2D eigenvalue weighted by molar-refractivity contribution is -0.148. The summed E-state index contributed by atoms with van der Waals surface area (Å²) in [5.41, 5.74) is -0.0202. The lowest BCUT2D eigenvalue weighted by Crippen LogP contribution is -2.58. The second kappa shape index (κ2) is 5.48. The van der Waals surface area contributed by atoms with E-state index in [4.69, 9.17) is 0 Å². The summed E-state index contributed by atoms with van der Waals surface area (Å²) in [6.07, 6.45) is 3.81. The molecule has 0 saturated heterocycles. The van der Waals surface area contributed by atoms with Gasteiger partial charge in [-0.3, -0.25) is 9.59 Å². The molecule has 0 bridgehead atoms. The Balaban J connectivity index is 1.76. The summed E-state index contributed by atoms with van der Waals surface area (Å²) in [4.78, 5) is 24.0. The number of hydrogen-bond donors (Lipinski definition) is 1. The highest BCUT2D eigenvalue weighted by molar-refractivity contribution is 5.92. The lowest BCUT2D eigenvalue weighted by atomic mass is 9.45. The predicted molar refractivity (Wildman–Crippen MR) is 92.5 cm³/mol. The monoisotopic (exact) mass is 348 g/mol. The number of halogens is 1. The number of aliphatic hydroxyl groups is 1. The molecule has 0 aromatic carbocycles. The van der Waals surface area contributed by atoms with Gasteiger partial charge in [0.2, 0.25) is 0 Å². The molecule has 0 aromatic heterocycles. The first-order valence-electron chi connectivity index (χ1n) is 9.76. The maximum Gasteiger partial charge on any atom is 0.155 e. The van der Waals surface area contributed by atoms with Gasteiger partial charge < -0.3 is 5.11 Å². The molecule has 4 heteroatoms. The first-order chi connectivity index (χ1) is 11.7. The summed E-state index contributed by atoms with van der Waals surface area (Å²) in [6.45, 7) is 5.85. The van der Waals surface area contributed by atoms with Crippen LogP contribution in [0.15, 0.2) is 11.6 Å². The van der Waals surface area contributed by atoms with E-state index in [2.05, 4.69) is 13.8 Å². The summed E-state index contributed by atoms with van der Waals surface area (Å²) >= 11 is 0. The van der Waals surface area contributed by atoms with Crippen molar-refractivity contribution >= 4 is 11.6 Å². The van der Waals surface area contributed by atoms with E-state index in [1.54, 1.807) is 6.92 Å². The Hall–Kier alpha value is -1.03. The van der Waals surface area contributed by atoms with Crippen LogP contribution in [0.5, 0.6) is 0 Å². The number of aliphatic hydroxyl groups excluding tert-OH is 1. The predicted octanol–water partition coefficient (Wildman–Crippen LogP) is 3.64. The van der Waals surface area contributed by atoms with Gasteiger partial charge in [-0.1, -0.05) is 13.8 Å². The SMILES string of the molecule is CC(=O)[C@H]1CC[C@H]2[C@@H]3C[C@@H](F)C4=CC(=O)CC[C@]4(C)[C@H]3[C@H](O)C[C@]12C. The van der Waals surface area contributed by atoms with E-state index in [1.807, 2.05) is 0 Å². The van der Waals surface area contributed by atoms with E-state index in [0.717, 1.165) is 12.8 Å². The molecule has 0 heterocycles. The summed E-state index contributed by atoms with van der Waals surface area (Å²) in [6, 6.07) is 0. The number of carbonyl (C=O) groups is 2. The fourth-order valence-electron chi connectivity index (χ4n) is 7.36. The number of hydrogen-bond acceptors (Lipinski definition) is 3. The number of ketones is 2. The van der Waals surface area contributed by atoms with Crippen molar-refractivity contribution in [3.8, 4) is 0 Å². The third-order valence-corrected chi connectivity index (χ3v) is 8.36. The van der Waals surface area contributed by atoms with Crippen molar-refractivity contribution in [2.24, 2.45) is 34.5 Å². The lowest BCUT2D eigenvalue weighted by Gasteiger charge is -2.60. The zero-order chi connectivity index (χ0) is 18.1. The minimum absolute atomic E-state index is 0.00244. The van der Waals surface area contributed by atoms with Crippen molar-refractivity contribution in [3.63, 3.8) is 0 Å². The highest BCUT2D eigenvalue weighted by atomic mass is 19.1. The molecule has 0 radical (unpaired) electrons. The molecule has 0 aliphatic heterocycles. The van der Waals surface area contributed by atoms with E-state index in [9.17, 15) is 14.7 Å². The smallest absolute Gasteiger partial charge is 0.155 e. The van der Waals surface area contributed by atoms with Gasteiger partial charge in [-0.2, -0.15) is 0 Å². The van der Waals surface area contributed by atoms with Gasteiger partial charge in [-0.05, 0) is 79.3 Å². The first-order valence-corrected chi connectivity index (χ1v) is 9.76. The van der Waals surface area contributed by atoms with E-state index in [0.29, 0.717) is 37.2 Å². The molecule has 25 heavy (non-hydrogen) atoms. The molecule has 0 aromatic rings. The van der Waals surface area contributed by atoms with Gasteiger partial charge in [0.1, 0.15) is 12.0 Å². The zero-order valence-corrected chi connectivity index (χ0v) is 15.4. The molecule has 1 N–H and O–H groups in total. The van der Waals surface area contributed by atoms with Crippen LogP contribution in [0.4, 0.5) is 4.39 Å². The highest BCUT2D eigenvalue weighted by Gasteiger charge is 2.64. The number of allylic oxidation sites excluding steroid dienone is 1. The van der Waals surface area contributed by atoms with Crippen LogP contribution in [0.3, 0.4) is 0 Å². The summed E-state index contributed by atoms with van der Waals surface area (Å²) in [7, 11) is 0. The standard InChI is InChI=1S/C21H29FO3/c1-11(23)14-4-5-15-13-9-17(22)16-8-12(24)6-7-20(16,2)19(13)18(25)10-21(14,15)3/h8,13-15,17-19,25H,4-7,9-10H2,1-3H3/t13-,14+,15-,17+,18+,19+,20-,21+/m0/s1. The average molecular weight is 348 g/mol. The molecule has 0 unspecified atom stereocenters. The van der Waals surface area contributed by atoms with Gasteiger partial charge >= 0.3 is 0 Å². The Morgan fingerprint density at radius 2 is 2.04 bits per heavy atom. The number of rotatable bonds is 1. The van der Waals surface area contributed by atoms with Gasteiger partial charge in [0.05, 0.1) is 6.10 Å². The molecule has 3 saturated carbocycles. The summed E-state index contributed by atoms with van der Waals surface area (Å²) in [5, 5.41) is 11.1. The zero-order valence-electron chi connectivity index (χ0n) is 15.4. The molecular weight excluding hydrogens is 319 g/mol. The second-order valence-electron chi connectivity index (χ2n) is 9.50. The second-order valence-corrected chi connectivity index (χ2v) is 9.50. The van der Waals surface area contributed by atoms with Gasteiger partial charge in [0.25, 0.3) is 0 Å². The summed E-state index contributed by atoms with van der Waals surface area (Å²) < 4.78 is 15.1. The number of carbonyl (C=O) groups excluding carboxylic acids is 2. The van der Waals surface area contributed by atoms with E-state index in [1.165, 1.54) is 6.08 Å². The fraction of sp³-hybridized carbons (Fsp3) is 0.810. The van der Waals surface area contributed by atoms with Crippen molar-refractivity contribution < 1.29 is 19.1 Å². The van der Waals surface area contributed by atoms with Gasteiger partial charge in [-0.15, -0.1) is 0 Å². The highest BCUT2D eigenvalue weighted by Crippen LogP contribution is 2.66. The van der Waals surface area contributed by atoms with Crippen LogP contribution in [-0.2, 0) is 9.59 Å². The number of alkyl halides is 1. The van der Waals surface area contributed by atoms with Crippen LogP contribution in [0.1, 0.15) is 59.3 Å². The topological polar surface area (TPSA) is 54.4 Å².